The molecule has 188 valence electrons. The van der Waals surface area contributed by atoms with Gasteiger partial charge in [0.2, 0.25) is 5.27 Å². The van der Waals surface area contributed by atoms with Crippen molar-refractivity contribution in [3.05, 3.63) is 78.1 Å². The Hall–Kier alpha value is -4.14. The number of ether oxygens (including phenoxy) is 1. The summed E-state index contributed by atoms with van der Waals surface area (Å²) < 4.78 is 12.3. The molecule has 0 saturated carbocycles. The first-order valence-electron chi connectivity index (χ1n) is 11.9. The van der Waals surface area contributed by atoms with Gasteiger partial charge in [-0.15, -0.1) is 0 Å². The molecule has 4 aromatic rings. The number of amides is 1. The summed E-state index contributed by atoms with van der Waals surface area (Å²) in [6.45, 7) is 7.29. The summed E-state index contributed by atoms with van der Waals surface area (Å²) >= 11 is 0. The summed E-state index contributed by atoms with van der Waals surface area (Å²) in [6.07, 6.45) is 3.69. The van der Waals surface area contributed by atoms with Crippen LogP contribution in [0.4, 0.5) is 10.7 Å². The summed E-state index contributed by atoms with van der Waals surface area (Å²) in [5, 5.41) is 20.9. The van der Waals surface area contributed by atoms with Crippen LogP contribution in [0.3, 0.4) is 0 Å². The van der Waals surface area contributed by atoms with E-state index in [-0.39, 0.29) is 18.3 Å². The van der Waals surface area contributed by atoms with E-state index in [2.05, 4.69) is 20.6 Å². The highest BCUT2D eigenvalue weighted by molar-refractivity contribution is 5.87. The molecule has 0 aliphatic carbocycles. The van der Waals surface area contributed by atoms with E-state index in [0.717, 1.165) is 28.5 Å². The normalized spacial score (nSPS) is 13.9. The molecule has 9 heteroatoms. The first kappa shape index (κ1) is 25.0. The second-order valence-corrected chi connectivity index (χ2v) is 9.77. The third-order valence-corrected chi connectivity index (χ3v) is 5.61. The molecule has 2 aromatic heterocycles. The zero-order chi connectivity index (χ0) is 25.7. The average molecular weight is 490 g/mol. The smallest absolute Gasteiger partial charge is 0.408 e. The lowest BCUT2D eigenvalue weighted by Crippen LogP contribution is -2.49. The fraction of sp³-hybridized carbons (Fsp3) is 0.333. The number of H-pyrrole nitrogens is 1. The fourth-order valence-corrected chi connectivity index (χ4v) is 3.91. The lowest BCUT2D eigenvalue weighted by molar-refractivity contribution is -0.782. The van der Waals surface area contributed by atoms with Crippen molar-refractivity contribution in [3.8, 4) is 0 Å². The fourth-order valence-electron chi connectivity index (χ4n) is 3.91. The topological polar surface area (TPSA) is 119 Å². The Bertz CT molecular complexity index is 1340. The van der Waals surface area contributed by atoms with Crippen LogP contribution in [0, 0.1) is 0 Å². The van der Waals surface area contributed by atoms with Gasteiger partial charge in [0.15, 0.2) is 6.04 Å². The molecule has 2 heterocycles. The minimum atomic E-state index is -0.959. The van der Waals surface area contributed by atoms with E-state index >= 15 is 0 Å². The Kier molecular flexibility index (Phi) is 7.38. The van der Waals surface area contributed by atoms with Crippen LogP contribution >= 0.6 is 0 Å². The van der Waals surface area contributed by atoms with E-state index in [9.17, 15) is 9.90 Å². The van der Waals surface area contributed by atoms with Gasteiger partial charge in [0, 0.05) is 30.4 Å². The van der Waals surface area contributed by atoms with Crippen molar-refractivity contribution >= 4 is 28.8 Å². The largest absolute Gasteiger partial charge is 0.860 e. The molecule has 0 spiro atoms. The van der Waals surface area contributed by atoms with Crippen LogP contribution in [-0.4, -0.2) is 33.9 Å². The van der Waals surface area contributed by atoms with Crippen molar-refractivity contribution in [1.82, 2.24) is 15.6 Å². The molecule has 0 bridgehead atoms. The highest BCUT2D eigenvalue weighted by Gasteiger charge is 2.23. The quantitative estimate of drug-likeness (QED) is 0.222. The van der Waals surface area contributed by atoms with E-state index in [0.29, 0.717) is 0 Å². The van der Waals surface area contributed by atoms with Crippen molar-refractivity contribution in [1.29, 1.82) is 0 Å². The van der Waals surface area contributed by atoms with Gasteiger partial charge in [0.05, 0.1) is 6.04 Å². The Balaban J connectivity index is 1.54. The van der Waals surface area contributed by atoms with E-state index in [1.54, 1.807) is 31.6 Å². The molecule has 2 atom stereocenters. The lowest BCUT2D eigenvalue weighted by Gasteiger charge is -2.26. The molecule has 2 N–H and O–H groups in total. The minimum absolute atomic E-state index is 0.00268. The highest BCUT2D eigenvalue weighted by atomic mass is 16.6. The maximum atomic E-state index is 13.2. The second kappa shape index (κ2) is 10.6. The summed E-state index contributed by atoms with van der Waals surface area (Å²) in [5.41, 5.74) is 2.27. The first-order chi connectivity index (χ1) is 17.2. The number of alkyl carbamates (subject to hydrolysis) is 1. The lowest BCUT2D eigenvalue weighted by atomic mass is 10.0. The minimum Gasteiger partial charge on any atom is -0.860 e. The molecule has 0 aliphatic heterocycles. The third-order valence-electron chi connectivity index (χ3n) is 5.61. The number of fused-ring (bicyclic) bond motifs is 1. The third kappa shape index (κ3) is 6.50. The molecule has 2 unspecified atom stereocenters. The van der Waals surface area contributed by atoms with Crippen LogP contribution < -0.4 is 15.1 Å². The Morgan fingerprint density at radius 3 is 2.64 bits per heavy atom. The molecule has 0 fully saturated rings. The number of para-hydroxylation sites is 1. The Morgan fingerprint density at radius 2 is 1.89 bits per heavy atom. The number of aromatic nitrogens is 3. The zero-order valence-corrected chi connectivity index (χ0v) is 20.9. The predicted molar refractivity (Wildman–Crippen MR) is 134 cm³/mol. The number of rotatable bonds is 8. The molecule has 0 radical (unpaired) electrons. The number of benzene rings is 2. The number of nitrogens with zero attached hydrogens (tertiary/aromatic N) is 3. The van der Waals surface area contributed by atoms with Crippen molar-refractivity contribution < 1.29 is 23.8 Å². The van der Waals surface area contributed by atoms with E-state index in [4.69, 9.17) is 9.26 Å². The van der Waals surface area contributed by atoms with E-state index < -0.39 is 23.6 Å². The summed E-state index contributed by atoms with van der Waals surface area (Å²) in [7, 11) is 0. The number of aliphatic imine (C=N–C) groups is 1. The van der Waals surface area contributed by atoms with Crippen LogP contribution in [-0.2, 0) is 17.6 Å². The predicted octanol–water partition coefficient (Wildman–Crippen LogP) is 3.77. The zero-order valence-electron chi connectivity index (χ0n) is 20.9. The average Bonchev–Trinajstić information content (AvgIpc) is 3.45. The summed E-state index contributed by atoms with van der Waals surface area (Å²) in [4.78, 5) is 19.8. The molecular formula is C27H31N5O4. The van der Waals surface area contributed by atoms with Gasteiger partial charge in [0.1, 0.15) is 5.60 Å². The van der Waals surface area contributed by atoms with Crippen LogP contribution in [0.5, 0.6) is 0 Å². The highest BCUT2D eigenvalue weighted by Crippen LogP contribution is 2.20. The van der Waals surface area contributed by atoms with Gasteiger partial charge in [-0.3, -0.25) is 4.52 Å². The number of carbonyl (C=O) groups is 1. The van der Waals surface area contributed by atoms with Crippen LogP contribution in [0.2, 0.25) is 0 Å². The standard InChI is InChI=1S/C27H31N5O4/c1-18(14-19-10-6-5-7-11-19)32-17-24(36-31-32)30-25(33)23(29-26(34)35-27(2,3)4)15-20-16-28-22-13-9-8-12-21(20)22/h5-13,16-18,23,28H,14-15H2,1-4H3,(H-,29,30,31,33,34). The van der Waals surface area contributed by atoms with Gasteiger partial charge in [0.25, 0.3) is 6.20 Å². The van der Waals surface area contributed by atoms with Crippen molar-refractivity contribution in [2.24, 2.45) is 4.99 Å². The van der Waals surface area contributed by atoms with Gasteiger partial charge < -0.3 is 20.1 Å². The van der Waals surface area contributed by atoms with Crippen molar-refractivity contribution in [2.45, 2.75) is 58.2 Å². The summed E-state index contributed by atoms with van der Waals surface area (Å²) in [6, 6.07) is 16.8. The van der Waals surface area contributed by atoms with Gasteiger partial charge in [-0.25, -0.2) is 9.79 Å². The monoisotopic (exact) mass is 489 g/mol. The molecule has 4 rings (SSSR count). The molecule has 0 saturated heterocycles. The van der Waals surface area contributed by atoms with Crippen LogP contribution in [0.1, 0.15) is 44.9 Å². The number of hydrogen-bond acceptors (Lipinski definition) is 6. The number of hydrogen-bond donors (Lipinski definition) is 2. The van der Waals surface area contributed by atoms with Crippen LogP contribution in [0.25, 0.3) is 10.9 Å². The summed E-state index contributed by atoms with van der Waals surface area (Å²) in [5.74, 6) is -0.500. The number of nitrogens with one attached hydrogen (secondary N) is 2. The maximum absolute atomic E-state index is 13.2. The van der Waals surface area contributed by atoms with Gasteiger partial charge >= 0.3 is 12.0 Å². The van der Waals surface area contributed by atoms with Gasteiger partial charge in [-0.05, 0) is 55.0 Å². The second-order valence-electron chi connectivity index (χ2n) is 9.77. The SMILES string of the molecule is CC(Cc1ccccc1)[n+]1cc(N=C([O-])C(Cc2c[nH]c3ccccc23)NC(=O)OC(C)(C)C)on1. The Morgan fingerprint density at radius 1 is 1.17 bits per heavy atom. The molecule has 2 aromatic carbocycles. The van der Waals surface area contributed by atoms with Gasteiger partial charge in [-0.1, -0.05) is 48.5 Å². The van der Waals surface area contributed by atoms with Gasteiger partial charge in [-0.2, -0.15) is 0 Å². The number of carbonyl (C=O) groups excluding carboxylic acids is 1. The molecule has 1 amide bonds. The molecular weight excluding hydrogens is 458 g/mol. The van der Waals surface area contributed by atoms with E-state index in [1.807, 2.05) is 67.7 Å². The Labute approximate surface area is 209 Å². The van der Waals surface area contributed by atoms with Crippen molar-refractivity contribution in [3.63, 3.8) is 0 Å². The van der Waals surface area contributed by atoms with E-state index in [1.165, 1.54) is 0 Å². The first-order valence-corrected chi connectivity index (χ1v) is 11.9. The molecule has 36 heavy (non-hydrogen) atoms. The molecule has 9 nitrogen and oxygen atoms in total. The van der Waals surface area contributed by atoms with Crippen molar-refractivity contribution in [2.75, 3.05) is 0 Å². The number of aromatic amines is 1. The molecule has 0 aliphatic rings. The van der Waals surface area contributed by atoms with Crippen LogP contribution in [0.15, 0.2) is 76.5 Å². The maximum Gasteiger partial charge on any atom is 0.408 e.